The summed E-state index contributed by atoms with van der Waals surface area (Å²) < 4.78 is 0. The number of hydrogen-bond acceptors (Lipinski definition) is 4. The minimum Gasteiger partial charge on any atom is -0.507 e. The van der Waals surface area contributed by atoms with Crippen LogP contribution in [0, 0.1) is 10.1 Å². The van der Waals surface area contributed by atoms with Gasteiger partial charge >= 0.3 is 0 Å². The van der Waals surface area contributed by atoms with E-state index in [1.807, 2.05) is 53.7 Å². The summed E-state index contributed by atoms with van der Waals surface area (Å²) in [5, 5.41) is 21.5. The van der Waals surface area contributed by atoms with E-state index in [2.05, 4.69) is 0 Å². The van der Waals surface area contributed by atoms with Gasteiger partial charge in [-0.15, -0.1) is 0 Å². The summed E-state index contributed by atoms with van der Waals surface area (Å²) in [6, 6.07) is 9.31. The van der Waals surface area contributed by atoms with Gasteiger partial charge < -0.3 is 5.11 Å². The van der Waals surface area contributed by atoms with Crippen molar-refractivity contribution in [3.63, 3.8) is 0 Å². The van der Waals surface area contributed by atoms with Crippen LogP contribution in [0.2, 0.25) is 0 Å². The fourth-order valence-corrected chi connectivity index (χ4v) is 2.91. The molecule has 1 N–H and O–H groups in total. The second kappa shape index (κ2) is 7.58. The lowest BCUT2D eigenvalue weighted by Crippen LogP contribution is -2.17. The van der Waals surface area contributed by atoms with Crippen LogP contribution >= 0.6 is 0 Å². The molecule has 2 aromatic carbocycles. The number of allylic oxidation sites excluding steroid dienone is 1. The summed E-state index contributed by atoms with van der Waals surface area (Å²) in [5.74, 6) is 0.0523. The summed E-state index contributed by atoms with van der Waals surface area (Å²) in [6.45, 7) is 12.2. The maximum atomic E-state index is 12.4. The van der Waals surface area contributed by atoms with Crippen LogP contribution in [0.1, 0.15) is 68.6 Å². The number of aromatic hydroxyl groups is 1. The average molecular weight is 381 g/mol. The van der Waals surface area contributed by atoms with E-state index in [0.717, 1.165) is 16.7 Å². The Kier molecular flexibility index (Phi) is 5.78. The number of phenolic OH excluding ortho intramolecular Hbond substituents is 1. The first kappa shape index (κ1) is 21.4. The van der Waals surface area contributed by atoms with Crippen LogP contribution in [0.4, 0.5) is 5.69 Å². The van der Waals surface area contributed by atoms with Crippen LogP contribution in [-0.4, -0.2) is 15.8 Å². The largest absolute Gasteiger partial charge is 0.507 e. The van der Waals surface area contributed by atoms with Crippen molar-refractivity contribution in [3.05, 3.63) is 74.8 Å². The molecule has 0 unspecified atom stereocenters. The lowest BCUT2D eigenvalue weighted by molar-refractivity contribution is -0.384. The molecule has 0 aliphatic rings. The van der Waals surface area contributed by atoms with Crippen molar-refractivity contribution in [2.24, 2.45) is 0 Å². The number of nitro benzene ring substituents is 1. The monoisotopic (exact) mass is 381 g/mol. The van der Waals surface area contributed by atoms with Gasteiger partial charge in [-0.05, 0) is 46.7 Å². The van der Waals surface area contributed by atoms with Crippen LogP contribution in [0.3, 0.4) is 0 Å². The number of non-ortho nitro benzene ring substituents is 1. The Morgan fingerprint density at radius 3 is 1.82 bits per heavy atom. The van der Waals surface area contributed by atoms with Gasteiger partial charge in [-0.25, -0.2) is 0 Å². The zero-order valence-electron chi connectivity index (χ0n) is 17.2. The molecule has 0 amide bonds. The molecule has 0 bridgehead atoms. The molecule has 0 spiro atoms. The third kappa shape index (κ3) is 4.85. The third-order valence-corrected chi connectivity index (χ3v) is 4.54. The van der Waals surface area contributed by atoms with E-state index in [1.54, 1.807) is 6.08 Å². The van der Waals surface area contributed by atoms with Gasteiger partial charge in [0, 0.05) is 28.8 Å². The fourth-order valence-electron chi connectivity index (χ4n) is 2.91. The predicted molar refractivity (Wildman–Crippen MR) is 112 cm³/mol. The first-order chi connectivity index (χ1) is 12.8. The van der Waals surface area contributed by atoms with E-state index in [0.29, 0.717) is 11.3 Å². The van der Waals surface area contributed by atoms with Crippen molar-refractivity contribution < 1.29 is 14.8 Å². The van der Waals surface area contributed by atoms with Crippen molar-refractivity contribution in [3.8, 4) is 5.75 Å². The molecule has 0 fully saturated rings. The first-order valence-electron chi connectivity index (χ1n) is 9.15. The molecule has 2 aromatic rings. The van der Waals surface area contributed by atoms with Gasteiger partial charge in [0.15, 0.2) is 5.78 Å². The highest BCUT2D eigenvalue weighted by atomic mass is 16.6. The van der Waals surface area contributed by atoms with Gasteiger partial charge in [0.2, 0.25) is 0 Å². The van der Waals surface area contributed by atoms with Crippen LogP contribution in [-0.2, 0) is 10.8 Å². The summed E-state index contributed by atoms with van der Waals surface area (Å²) >= 11 is 0. The Balaban J connectivity index is 2.41. The molecule has 0 aromatic heterocycles. The Morgan fingerprint density at radius 2 is 1.43 bits per heavy atom. The van der Waals surface area contributed by atoms with E-state index in [-0.39, 0.29) is 22.3 Å². The highest BCUT2D eigenvalue weighted by molar-refractivity contribution is 6.06. The Hall–Kier alpha value is -2.95. The van der Waals surface area contributed by atoms with Crippen molar-refractivity contribution in [1.82, 2.24) is 0 Å². The molecule has 0 atom stereocenters. The topological polar surface area (TPSA) is 80.4 Å². The standard InChI is InChI=1S/C23H27NO4/c1-22(2,3)18-13-15(14-19(21(18)26)23(4,5)6)7-12-20(25)16-8-10-17(11-9-16)24(27)28/h7-14,26H,1-6H3/b12-7-. The predicted octanol–water partition coefficient (Wildman–Crippen LogP) is 5.79. The molecule has 0 aliphatic heterocycles. The molecule has 148 valence electrons. The second-order valence-corrected chi connectivity index (χ2v) is 8.97. The smallest absolute Gasteiger partial charge is 0.269 e. The molecular weight excluding hydrogens is 354 g/mol. The normalized spacial score (nSPS) is 12.4. The summed E-state index contributed by atoms with van der Waals surface area (Å²) in [5.41, 5.74) is 2.29. The number of carbonyl (C=O) groups is 1. The number of ketones is 1. The molecule has 5 nitrogen and oxygen atoms in total. The number of benzene rings is 2. The summed E-state index contributed by atoms with van der Waals surface area (Å²) in [6.07, 6.45) is 3.17. The third-order valence-electron chi connectivity index (χ3n) is 4.54. The van der Waals surface area contributed by atoms with Crippen molar-refractivity contribution >= 4 is 17.5 Å². The molecule has 0 radical (unpaired) electrons. The molecule has 0 saturated heterocycles. The zero-order valence-corrected chi connectivity index (χ0v) is 17.2. The lowest BCUT2D eigenvalue weighted by atomic mass is 9.78. The van der Waals surface area contributed by atoms with Gasteiger partial charge in [-0.2, -0.15) is 0 Å². The van der Waals surface area contributed by atoms with Gasteiger partial charge in [0.1, 0.15) is 5.75 Å². The first-order valence-corrected chi connectivity index (χ1v) is 9.15. The van der Waals surface area contributed by atoms with Crippen LogP contribution in [0.25, 0.3) is 6.08 Å². The zero-order chi connectivity index (χ0) is 21.3. The maximum absolute atomic E-state index is 12.4. The fraction of sp³-hybridized carbons (Fsp3) is 0.348. The minimum absolute atomic E-state index is 0.0521. The molecule has 28 heavy (non-hydrogen) atoms. The lowest BCUT2D eigenvalue weighted by Gasteiger charge is -2.27. The van der Waals surface area contributed by atoms with Crippen LogP contribution < -0.4 is 0 Å². The van der Waals surface area contributed by atoms with Crippen molar-refractivity contribution in [2.75, 3.05) is 0 Å². The van der Waals surface area contributed by atoms with E-state index < -0.39 is 4.92 Å². The Bertz CT molecular complexity index is 892. The summed E-state index contributed by atoms with van der Waals surface area (Å²) in [7, 11) is 0. The van der Waals surface area contributed by atoms with E-state index in [1.165, 1.54) is 30.3 Å². The number of carbonyl (C=O) groups excluding carboxylic acids is 1. The Morgan fingerprint density at radius 1 is 0.964 bits per heavy atom. The molecule has 0 aliphatic carbocycles. The van der Waals surface area contributed by atoms with E-state index >= 15 is 0 Å². The van der Waals surface area contributed by atoms with Gasteiger partial charge in [0.05, 0.1) is 4.92 Å². The highest BCUT2D eigenvalue weighted by Crippen LogP contribution is 2.40. The van der Waals surface area contributed by atoms with E-state index in [9.17, 15) is 20.0 Å². The number of nitrogens with zero attached hydrogens (tertiary/aromatic N) is 1. The van der Waals surface area contributed by atoms with Crippen LogP contribution in [0.5, 0.6) is 5.75 Å². The number of phenols is 1. The maximum Gasteiger partial charge on any atom is 0.269 e. The number of nitro groups is 1. The number of hydrogen-bond donors (Lipinski definition) is 1. The van der Waals surface area contributed by atoms with Gasteiger partial charge in [-0.3, -0.25) is 14.9 Å². The quantitative estimate of drug-likeness (QED) is 0.314. The molecule has 0 heterocycles. The van der Waals surface area contributed by atoms with Crippen molar-refractivity contribution in [1.29, 1.82) is 0 Å². The minimum atomic E-state index is -0.497. The van der Waals surface area contributed by atoms with Crippen LogP contribution in [0.15, 0.2) is 42.5 Å². The summed E-state index contributed by atoms with van der Waals surface area (Å²) in [4.78, 5) is 22.7. The number of rotatable bonds is 4. The molecule has 0 saturated carbocycles. The van der Waals surface area contributed by atoms with E-state index in [4.69, 9.17) is 0 Å². The molecule has 5 heteroatoms. The average Bonchev–Trinajstić information content (AvgIpc) is 2.58. The molecule has 2 rings (SSSR count). The second-order valence-electron chi connectivity index (χ2n) is 8.97. The SMILES string of the molecule is CC(C)(C)c1cc(/C=C\C(=O)c2ccc([N+](=O)[O-])cc2)cc(C(C)(C)C)c1O. The molecular formula is C23H27NO4. The van der Waals surface area contributed by atoms with Crippen molar-refractivity contribution in [2.45, 2.75) is 52.4 Å². The Labute approximate surface area is 165 Å². The highest BCUT2D eigenvalue weighted by Gasteiger charge is 2.26. The van der Waals surface area contributed by atoms with Gasteiger partial charge in [-0.1, -0.05) is 47.6 Å². The van der Waals surface area contributed by atoms with Gasteiger partial charge in [0.25, 0.3) is 5.69 Å².